The van der Waals surface area contributed by atoms with Crippen LogP contribution in [-0.4, -0.2) is 24.7 Å². The fourth-order valence-corrected chi connectivity index (χ4v) is 4.06. The molecule has 0 saturated carbocycles. The van der Waals surface area contributed by atoms with Crippen molar-refractivity contribution in [1.29, 1.82) is 0 Å². The lowest BCUT2D eigenvalue weighted by Gasteiger charge is -2.50. The second-order valence-electron chi connectivity index (χ2n) is 6.42. The second kappa shape index (κ2) is 5.91. The van der Waals surface area contributed by atoms with Crippen molar-refractivity contribution in [2.75, 3.05) is 11.4 Å². The summed E-state index contributed by atoms with van der Waals surface area (Å²) in [5.74, 6) is -0.592. The lowest BCUT2D eigenvalue weighted by atomic mass is 9.81. The molecule has 2 saturated heterocycles. The van der Waals surface area contributed by atoms with E-state index in [0.717, 1.165) is 32.2 Å². The highest BCUT2D eigenvalue weighted by Crippen LogP contribution is 2.39. The molecule has 2 atom stereocenters. The summed E-state index contributed by atoms with van der Waals surface area (Å²) in [7, 11) is 0. The summed E-state index contributed by atoms with van der Waals surface area (Å²) < 4.78 is 28.2. The van der Waals surface area contributed by atoms with Crippen LogP contribution in [0.25, 0.3) is 0 Å². The molecule has 21 heavy (non-hydrogen) atoms. The van der Waals surface area contributed by atoms with Gasteiger partial charge < -0.3 is 10.2 Å². The van der Waals surface area contributed by atoms with Gasteiger partial charge in [0, 0.05) is 24.2 Å². The van der Waals surface area contributed by atoms with Crippen LogP contribution in [-0.2, 0) is 0 Å². The summed E-state index contributed by atoms with van der Waals surface area (Å²) in [6.45, 7) is 4.70. The number of rotatable bonds is 3. The van der Waals surface area contributed by atoms with Crippen molar-refractivity contribution in [2.24, 2.45) is 0 Å². The topological polar surface area (TPSA) is 15.3 Å². The molecule has 3 rings (SSSR count). The summed E-state index contributed by atoms with van der Waals surface area (Å²) in [5, 5.41) is 3.53. The van der Waals surface area contributed by atoms with Crippen LogP contribution < -0.4 is 10.2 Å². The number of piperidine rings is 2. The van der Waals surface area contributed by atoms with Crippen LogP contribution in [0.2, 0.25) is 0 Å². The first-order valence-electron chi connectivity index (χ1n) is 8.07. The maximum atomic E-state index is 14.3. The molecular weight excluding hydrogens is 270 g/mol. The highest BCUT2D eigenvalue weighted by atomic mass is 19.1. The maximum Gasteiger partial charge on any atom is 0.146 e. The third kappa shape index (κ3) is 2.78. The third-order valence-corrected chi connectivity index (χ3v) is 4.97. The summed E-state index contributed by atoms with van der Waals surface area (Å²) in [4.78, 5) is 2.16. The molecule has 0 amide bonds. The number of anilines is 1. The second-order valence-corrected chi connectivity index (χ2v) is 6.42. The minimum Gasteiger partial charge on any atom is -0.363 e. The highest BCUT2D eigenvalue weighted by Gasteiger charge is 2.39. The molecule has 0 spiro atoms. The van der Waals surface area contributed by atoms with Crippen LogP contribution in [0.5, 0.6) is 0 Å². The molecule has 1 aromatic carbocycles. The van der Waals surface area contributed by atoms with E-state index < -0.39 is 0 Å². The Balaban J connectivity index is 1.90. The van der Waals surface area contributed by atoms with Crippen molar-refractivity contribution in [3.05, 3.63) is 29.3 Å². The Morgan fingerprint density at radius 2 is 1.81 bits per heavy atom. The normalized spacial score (nSPS) is 28.8. The highest BCUT2D eigenvalue weighted by molar-refractivity contribution is 5.52. The van der Waals surface area contributed by atoms with Gasteiger partial charge in [0.15, 0.2) is 0 Å². The van der Waals surface area contributed by atoms with E-state index in [0.29, 0.717) is 29.4 Å². The lowest BCUT2D eigenvalue weighted by Crippen LogP contribution is -2.56. The summed E-state index contributed by atoms with van der Waals surface area (Å²) in [6, 6.07) is 3.90. The minimum atomic E-state index is -0.307. The zero-order valence-electron chi connectivity index (χ0n) is 12.8. The van der Waals surface area contributed by atoms with Crippen LogP contribution in [0.15, 0.2) is 12.1 Å². The molecule has 2 aliphatic rings. The average Bonchev–Trinajstić information content (AvgIpc) is 2.42. The number of hydrogen-bond acceptors (Lipinski definition) is 2. The Labute approximate surface area is 125 Å². The molecule has 2 nitrogen and oxygen atoms in total. The van der Waals surface area contributed by atoms with Crippen LogP contribution in [0, 0.1) is 18.6 Å². The monoisotopic (exact) mass is 294 g/mol. The first kappa shape index (κ1) is 14.8. The van der Waals surface area contributed by atoms with E-state index >= 15 is 0 Å². The lowest BCUT2D eigenvalue weighted by molar-refractivity contribution is 0.245. The van der Waals surface area contributed by atoms with Gasteiger partial charge in [0.1, 0.15) is 11.6 Å². The van der Waals surface area contributed by atoms with Gasteiger partial charge in [-0.15, -0.1) is 0 Å². The van der Waals surface area contributed by atoms with E-state index in [9.17, 15) is 8.78 Å². The molecule has 116 valence electrons. The van der Waals surface area contributed by atoms with E-state index in [4.69, 9.17) is 0 Å². The van der Waals surface area contributed by atoms with Gasteiger partial charge in [-0.3, -0.25) is 0 Å². The molecule has 2 bridgehead atoms. The van der Waals surface area contributed by atoms with Gasteiger partial charge in [-0.25, -0.2) is 8.78 Å². The van der Waals surface area contributed by atoms with Gasteiger partial charge >= 0.3 is 0 Å². The zero-order valence-corrected chi connectivity index (χ0v) is 12.8. The molecule has 4 heteroatoms. The number of nitrogens with zero attached hydrogens (tertiary/aromatic N) is 1. The summed E-state index contributed by atoms with van der Waals surface area (Å²) >= 11 is 0. The third-order valence-electron chi connectivity index (χ3n) is 4.97. The first-order valence-corrected chi connectivity index (χ1v) is 8.07. The van der Waals surface area contributed by atoms with Crippen LogP contribution >= 0.6 is 0 Å². The van der Waals surface area contributed by atoms with Crippen molar-refractivity contribution in [3.8, 4) is 0 Å². The van der Waals surface area contributed by atoms with Crippen LogP contribution in [0.1, 0.15) is 44.6 Å². The number of hydrogen-bond donors (Lipinski definition) is 1. The Hall–Kier alpha value is -1.16. The molecule has 1 N–H and O–H groups in total. The predicted octanol–water partition coefficient (Wildman–Crippen LogP) is 3.77. The molecular formula is C17H24F2N2. The van der Waals surface area contributed by atoms with Crippen LogP contribution in [0.4, 0.5) is 14.5 Å². The molecule has 0 aliphatic carbocycles. The van der Waals surface area contributed by atoms with Gasteiger partial charge in [0.25, 0.3) is 0 Å². The molecule has 0 aromatic heterocycles. The number of halogens is 2. The minimum absolute atomic E-state index is 0.285. The molecule has 2 heterocycles. The van der Waals surface area contributed by atoms with Gasteiger partial charge in [0.2, 0.25) is 0 Å². The first-order chi connectivity index (χ1) is 10.1. The van der Waals surface area contributed by atoms with E-state index in [1.165, 1.54) is 18.6 Å². The largest absolute Gasteiger partial charge is 0.363 e. The molecule has 0 radical (unpaired) electrons. The van der Waals surface area contributed by atoms with Crippen molar-refractivity contribution < 1.29 is 8.78 Å². The van der Waals surface area contributed by atoms with Crippen molar-refractivity contribution in [3.63, 3.8) is 0 Å². The summed E-state index contributed by atoms with van der Waals surface area (Å²) in [6.07, 6.45) is 5.40. The summed E-state index contributed by atoms with van der Waals surface area (Å²) in [5.41, 5.74) is 0.840. The van der Waals surface area contributed by atoms with Gasteiger partial charge in [0.05, 0.1) is 5.69 Å². The molecule has 2 unspecified atom stereocenters. The Bertz CT molecular complexity index is 504. The van der Waals surface area contributed by atoms with E-state index in [1.807, 2.05) is 0 Å². The maximum absolute atomic E-state index is 14.3. The molecule has 1 aromatic rings. The number of fused-ring (bicyclic) bond motifs is 2. The molecule has 2 fully saturated rings. The number of nitrogens with one attached hydrogen (secondary N) is 1. The Morgan fingerprint density at radius 1 is 1.14 bits per heavy atom. The fraction of sp³-hybridized carbons (Fsp3) is 0.647. The number of benzene rings is 1. The quantitative estimate of drug-likeness (QED) is 0.913. The van der Waals surface area contributed by atoms with E-state index in [-0.39, 0.29) is 11.6 Å². The Kier molecular flexibility index (Phi) is 4.16. The smallest absolute Gasteiger partial charge is 0.146 e. The van der Waals surface area contributed by atoms with Gasteiger partial charge in [-0.2, -0.15) is 0 Å². The van der Waals surface area contributed by atoms with Crippen molar-refractivity contribution in [1.82, 2.24) is 5.32 Å². The molecule has 2 aliphatic heterocycles. The van der Waals surface area contributed by atoms with Crippen molar-refractivity contribution >= 4 is 5.69 Å². The zero-order chi connectivity index (χ0) is 15.0. The van der Waals surface area contributed by atoms with Gasteiger partial charge in [-0.1, -0.05) is 6.92 Å². The standard InChI is InChI=1S/C17H24F2N2/c1-3-20-12-8-13-5-4-6-14(9-12)21(13)17-10-15(18)11(2)7-16(17)19/h7,10,12-14,20H,3-6,8-9H2,1-2H3. The van der Waals surface area contributed by atoms with E-state index in [1.54, 1.807) is 6.92 Å². The average molecular weight is 294 g/mol. The van der Waals surface area contributed by atoms with Crippen LogP contribution in [0.3, 0.4) is 0 Å². The SMILES string of the molecule is CCNC1CC2CCCC(C1)N2c1cc(F)c(C)cc1F. The van der Waals surface area contributed by atoms with E-state index in [2.05, 4.69) is 17.1 Å². The van der Waals surface area contributed by atoms with Gasteiger partial charge in [-0.05, 0) is 57.2 Å². The fourth-order valence-electron chi connectivity index (χ4n) is 4.06. The van der Waals surface area contributed by atoms with Crippen molar-refractivity contribution in [2.45, 2.75) is 64.1 Å². The predicted molar refractivity (Wildman–Crippen MR) is 81.7 cm³/mol. The Morgan fingerprint density at radius 3 is 2.43 bits per heavy atom. The number of aryl methyl sites for hydroxylation is 1.